The van der Waals surface area contributed by atoms with E-state index in [1.165, 1.54) is 0 Å². The number of amides is 1. The zero-order valence-corrected chi connectivity index (χ0v) is 6.27. The third kappa shape index (κ3) is 1.07. The largest absolute Gasteiger partial charge is 0.333 e. The lowest BCUT2D eigenvalue weighted by atomic mass is 10.2. The summed E-state index contributed by atoms with van der Waals surface area (Å²) in [6, 6.07) is 0. The molecule has 2 nitrogen and oxygen atoms in total. The van der Waals surface area contributed by atoms with E-state index in [4.69, 9.17) is 0 Å². The van der Waals surface area contributed by atoms with Gasteiger partial charge in [0.25, 0.3) is 0 Å². The van der Waals surface area contributed by atoms with Gasteiger partial charge in [-0.15, -0.1) is 0 Å². The first-order valence-electron chi connectivity index (χ1n) is 3.38. The van der Waals surface area contributed by atoms with Crippen LogP contribution in [0, 0.1) is 0 Å². The summed E-state index contributed by atoms with van der Waals surface area (Å²) in [6.45, 7) is 7.01. The standard InChI is InChI=1S/C7H13NO/c1-4-6(9)8-5-7(8,2)3/h4-5H2,1-3H3. The molecule has 1 heterocycles. The average molecular weight is 127 g/mol. The van der Waals surface area contributed by atoms with Gasteiger partial charge in [-0.05, 0) is 13.8 Å². The highest BCUT2D eigenvalue weighted by Gasteiger charge is 2.45. The first kappa shape index (κ1) is 6.59. The zero-order chi connectivity index (χ0) is 7.07. The van der Waals surface area contributed by atoms with Crippen molar-refractivity contribution in [1.82, 2.24) is 4.90 Å². The fourth-order valence-electron chi connectivity index (χ4n) is 0.968. The van der Waals surface area contributed by atoms with Crippen LogP contribution in [0.4, 0.5) is 0 Å². The van der Waals surface area contributed by atoms with Gasteiger partial charge >= 0.3 is 0 Å². The Morgan fingerprint density at radius 2 is 2.11 bits per heavy atom. The molecule has 1 amide bonds. The number of carbonyl (C=O) groups is 1. The van der Waals surface area contributed by atoms with Gasteiger partial charge in [-0.1, -0.05) is 6.92 Å². The molecule has 52 valence electrons. The molecule has 0 aromatic heterocycles. The van der Waals surface area contributed by atoms with Crippen LogP contribution >= 0.6 is 0 Å². The third-order valence-electron chi connectivity index (χ3n) is 1.78. The molecule has 1 saturated heterocycles. The van der Waals surface area contributed by atoms with Crippen molar-refractivity contribution >= 4 is 5.91 Å². The van der Waals surface area contributed by atoms with E-state index in [2.05, 4.69) is 13.8 Å². The van der Waals surface area contributed by atoms with Crippen LogP contribution in [-0.2, 0) is 4.79 Å². The fourth-order valence-corrected chi connectivity index (χ4v) is 0.968. The summed E-state index contributed by atoms with van der Waals surface area (Å²) in [6.07, 6.45) is 0.642. The van der Waals surface area contributed by atoms with Crippen molar-refractivity contribution in [2.75, 3.05) is 6.54 Å². The lowest BCUT2D eigenvalue weighted by Gasteiger charge is -2.03. The lowest BCUT2D eigenvalue weighted by Crippen LogP contribution is -2.16. The van der Waals surface area contributed by atoms with E-state index >= 15 is 0 Å². The highest BCUT2D eigenvalue weighted by molar-refractivity contribution is 5.79. The van der Waals surface area contributed by atoms with Crippen LogP contribution in [0.5, 0.6) is 0 Å². The van der Waals surface area contributed by atoms with Crippen LogP contribution in [-0.4, -0.2) is 22.9 Å². The Balaban J connectivity index is 2.42. The highest BCUT2D eigenvalue weighted by Crippen LogP contribution is 2.30. The summed E-state index contributed by atoms with van der Waals surface area (Å²) in [4.78, 5) is 12.8. The van der Waals surface area contributed by atoms with Crippen molar-refractivity contribution in [3.05, 3.63) is 0 Å². The summed E-state index contributed by atoms with van der Waals surface area (Å²) >= 11 is 0. The first-order valence-corrected chi connectivity index (χ1v) is 3.38. The topological polar surface area (TPSA) is 20.1 Å². The smallest absolute Gasteiger partial charge is 0.222 e. The molecule has 2 heteroatoms. The van der Waals surface area contributed by atoms with Crippen LogP contribution < -0.4 is 0 Å². The Morgan fingerprint density at radius 1 is 1.67 bits per heavy atom. The molecular formula is C7H13NO. The minimum atomic E-state index is 0.174. The molecule has 1 rings (SSSR count). The maximum absolute atomic E-state index is 10.9. The van der Waals surface area contributed by atoms with E-state index in [1.54, 1.807) is 0 Å². The number of hydrogen-bond acceptors (Lipinski definition) is 1. The molecule has 1 aliphatic rings. The predicted octanol–water partition coefficient (Wildman–Crippen LogP) is 1.02. The normalized spacial score (nSPS) is 21.9. The van der Waals surface area contributed by atoms with Crippen LogP contribution in [0.25, 0.3) is 0 Å². The van der Waals surface area contributed by atoms with Gasteiger partial charge in [0.15, 0.2) is 0 Å². The van der Waals surface area contributed by atoms with E-state index in [0.29, 0.717) is 6.42 Å². The van der Waals surface area contributed by atoms with Crippen molar-refractivity contribution in [3.8, 4) is 0 Å². The molecule has 0 aromatic rings. The van der Waals surface area contributed by atoms with Crippen molar-refractivity contribution < 1.29 is 4.79 Å². The van der Waals surface area contributed by atoms with E-state index in [0.717, 1.165) is 6.54 Å². The van der Waals surface area contributed by atoms with Gasteiger partial charge in [0.1, 0.15) is 0 Å². The molecule has 0 saturated carbocycles. The Labute approximate surface area is 55.8 Å². The van der Waals surface area contributed by atoms with Crippen LogP contribution in [0.2, 0.25) is 0 Å². The number of hydrogen-bond donors (Lipinski definition) is 0. The molecule has 0 bridgehead atoms. The summed E-state index contributed by atoms with van der Waals surface area (Å²) in [5.74, 6) is 0.278. The average Bonchev–Trinajstić information content (AvgIpc) is 2.38. The van der Waals surface area contributed by atoms with Crippen LogP contribution in [0.3, 0.4) is 0 Å². The van der Waals surface area contributed by atoms with Gasteiger partial charge in [0.05, 0.1) is 5.54 Å². The number of rotatable bonds is 1. The van der Waals surface area contributed by atoms with Crippen molar-refractivity contribution in [2.45, 2.75) is 32.7 Å². The van der Waals surface area contributed by atoms with Gasteiger partial charge in [-0.2, -0.15) is 0 Å². The van der Waals surface area contributed by atoms with Gasteiger partial charge in [-0.25, -0.2) is 0 Å². The Kier molecular flexibility index (Phi) is 1.26. The molecule has 0 unspecified atom stereocenters. The molecule has 0 spiro atoms. The zero-order valence-electron chi connectivity index (χ0n) is 6.27. The second kappa shape index (κ2) is 1.72. The van der Waals surface area contributed by atoms with Gasteiger partial charge in [0.2, 0.25) is 5.91 Å². The SMILES string of the molecule is CCC(=O)N1CC1(C)C. The molecule has 1 fully saturated rings. The van der Waals surface area contributed by atoms with Gasteiger partial charge in [0, 0.05) is 13.0 Å². The maximum Gasteiger partial charge on any atom is 0.222 e. The Bertz CT molecular complexity index is 140. The maximum atomic E-state index is 10.9. The van der Waals surface area contributed by atoms with Crippen molar-refractivity contribution in [1.29, 1.82) is 0 Å². The van der Waals surface area contributed by atoms with E-state index in [9.17, 15) is 4.79 Å². The van der Waals surface area contributed by atoms with Crippen LogP contribution in [0.15, 0.2) is 0 Å². The number of carbonyl (C=O) groups excluding carboxylic acids is 1. The quantitative estimate of drug-likeness (QED) is 0.481. The molecule has 0 atom stereocenters. The van der Waals surface area contributed by atoms with Crippen molar-refractivity contribution in [2.24, 2.45) is 0 Å². The monoisotopic (exact) mass is 127 g/mol. The third-order valence-corrected chi connectivity index (χ3v) is 1.78. The summed E-state index contributed by atoms with van der Waals surface area (Å²) < 4.78 is 0. The summed E-state index contributed by atoms with van der Waals surface area (Å²) in [5, 5.41) is 0. The predicted molar refractivity (Wildman–Crippen MR) is 36.1 cm³/mol. The van der Waals surface area contributed by atoms with E-state index < -0.39 is 0 Å². The Hall–Kier alpha value is -0.530. The highest BCUT2D eigenvalue weighted by atomic mass is 16.2. The van der Waals surface area contributed by atoms with E-state index in [-0.39, 0.29) is 11.4 Å². The molecular weight excluding hydrogens is 114 g/mol. The summed E-state index contributed by atoms with van der Waals surface area (Å²) in [5.41, 5.74) is 0.174. The van der Waals surface area contributed by atoms with Gasteiger partial charge in [-0.3, -0.25) is 4.79 Å². The summed E-state index contributed by atoms with van der Waals surface area (Å²) in [7, 11) is 0. The van der Waals surface area contributed by atoms with E-state index in [1.807, 2.05) is 11.8 Å². The van der Waals surface area contributed by atoms with Crippen LogP contribution in [0.1, 0.15) is 27.2 Å². The molecule has 0 radical (unpaired) electrons. The molecule has 9 heavy (non-hydrogen) atoms. The Morgan fingerprint density at radius 3 is 2.22 bits per heavy atom. The minimum absolute atomic E-state index is 0.174. The van der Waals surface area contributed by atoms with Crippen molar-refractivity contribution in [3.63, 3.8) is 0 Å². The lowest BCUT2D eigenvalue weighted by molar-refractivity contribution is -0.126. The van der Waals surface area contributed by atoms with Gasteiger partial charge < -0.3 is 4.90 Å². The minimum Gasteiger partial charge on any atom is -0.333 e. The first-order chi connectivity index (χ1) is 4.08. The number of nitrogens with zero attached hydrogens (tertiary/aromatic N) is 1. The molecule has 0 aliphatic carbocycles. The molecule has 0 N–H and O–H groups in total. The molecule has 0 aromatic carbocycles. The fraction of sp³-hybridized carbons (Fsp3) is 0.857. The molecule has 1 aliphatic heterocycles. The second-order valence-electron chi connectivity index (χ2n) is 3.15. The second-order valence-corrected chi connectivity index (χ2v) is 3.15.